The quantitative estimate of drug-likeness (QED) is 0.165. The van der Waals surface area contributed by atoms with Crippen LogP contribution in [0.4, 0.5) is 28.4 Å². The minimum Gasteiger partial charge on any atom is -0.383 e. The third-order valence-electron chi connectivity index (χ3n) is 5.90. The third kappa shape index (κ3) is 7.31. The van der Waals surface area contributed by atoms with Gasteiger partial charge >= 0.3 is 0 Å². The summed E-state index contributed by atoms with van der Waals surface area (Å²) in [6.07, 6.45) is 7.67. The van der Waals surface area contributed by atoms with E-state index in [0.29, 0.717) is 0 Å². The van der Waals surface area contributed by atoms with Gasteiger partial charge < -0.3 is 5.32 Å². The van der Waals surface area contributed by atoms with E-state index in [4.69, 9.17) is 0 Å². The summed E-state index contributed by atoms with van der Waals surface area (Å²) >= 11 is 0. The highest BCUT2D eigenvalue weighted by Crippen LogP contribution is 2.35. The average Bonchev–Trinajstić information content (AvgIpc) is 2.91. The molecule has 0 radical (unpaired) electrons. The first-order valence-electron chi connectivity index (χ1n) is 12.6. The van der Waals surface area contributed by atoms with Crippen molar-refractivity contribution >= 4 is 39.2 Å². The summed E-state index contributed by atoms with van der Waals surface area (Å²) in [6.45, 7) is 3.19. The second-order valence-corrected chi connectivity index (χ2v) is 8.63. The molecule has 0 unspecified atom stereocenters. The van der Waals surface area contributed by atoms with Crippen molar-refractivity contribution < 1.29 is 0 Å². The van der Waals surface area contributed by atoms with Gasteiger partial charge in [0.25, 0.3) is 0 Å². The second-order valence-electron chi connectivity index (χ2n) is 8.63. The molecule has 0 aliphatic heterocycles. The van der Waals surface area contributed by atoms with Gasteiger partial charge in [0.15, 0.2) is 0 Å². The Morgan fingerprint density at radius 1 is 0.543 bits per heavy atom. The Morgan fingerprint density at radius 3 is 1.89 bits per heavy atom. The van der Waals surface area contributed by atoms with E-state index in [-0.39, 0.29) is 0 Å². The molecule has 0 aromatic heterocycles. The van der Waals surface area contributed by atoms with Crippen molar-refractivity contribution in [3.8, 4) is 0 Å². The summed E-state index contributed by atoms with van der Waals surface area (Å²) < 4.78 is 0. The van der Waals surface area contributed by atoms with Crippen LogP contribution in [-0.2, 0) is 0 Å². The standard InChI is InChI=1S/C30H33N5/c1-2-3-4-5-6-12-23-31-29-22-17-24-13-10-11-16-28(24)30(29)35-34-27-20-18-26(19-21-27)33-32-25-14-8-7-9-15-25/h7-11,13-22,31H,2-6,12,23H2,1H3. The predicted octanol–water partition coefficient (Wildman–Crippen LogP) is 10.4. The zero-order chi connectivity index (χ0) is 24.1. The lowest BCUT2D eigenvalue weighted by Crippen LogP contribution is -2.01. The maximum absolute atomic E-state index is 4.68. The van der Waals surface area contributed by atoms with Gasteiger partial charge in [-0.15, -0.1) is 5.11 Å². The SMILES string of the molecule is CCCCCCCCNc1ccc2ccccc2c1N=Nc1ccc(N=Nc2ccccc2)cc1. The van der Waals surface area contributed by atoms with Crippen LogP contribution in [0.5, 0.6) is 0 Å². The van der Waals surface area contributed by atoms with E-state index in [1.807, 2.05) is 60.7 Å². The van der Waals surface area contributed by atoms with E-state index >= 15 is 0 Å². The van der Waals surface area contributed by atoms with Crippen LogP contribution in [0, 0.1) is 0 Å². The van der Waals surface area contributed by atoms with E-state index in [1.54, 1.807) is 0 Å². The molecule has 35 heavy (non-hydrogen) atoms. The van der Waals surface area contributed by atoms with Crippen LogP contribution < -0.4 is 5.32 Å². The smallest absolute Gasteiger partial charge is 0.117 e. The predicted molar refractivity (Wildman–Crippen MR) is 147 cm³/mol. The number of azo groups is 2. The highest BCUT2D eigenvalue weighted by atomic mass is 15.1. The Balaban J connectivity index is 1.45. The van der Waals surface area contributed by atoms with E-state index in [2.05, 4.69) is 63.0 Å². The van der Waals surface area contributed by atoms with Crippen molar-refractivity contribution in [2.45, 2.75) is 45.4 Å². The fraction of sp³-hybridized carbons (Fsp3) is 0.267. The van der Waals surface area contributed by atoms with Crippen LogP contribution in [-0.4, -0.2) is 6.54 Å². The van der Waals surface area contributed by atoms with Gasteiger partial charge in [-0.25, -0.2) is 0 Å². The molecule has 178 valence electrons. The molecule has 0 spiro atoms. The molecule has 0 atom stereocenters. The van der Waals surface area contributed by atoms with Gasteiger partial charge in [0.2, 0.25) is 0 Å². The van der Waals surface area contributed by atoms with Crippen LogP contribution in [0.2, 0.25) is 0 Å². The number of rotatable bonds is 12. The monoisotopic (exact) mass is 463 g/mol. The number of unbranched alkanes of at least 4 members (excludes halogenated alkanes) is 5. The molecule has 1 N–H and O–H groups in total. The molecule has 0 fully saturated rings. The van der Waals surface area contributed by atoms with Gasteiger partial charge in [0.1, 0.15) is 5.69 Å². The number of nitrogens with zero attached hydrogens (tertiary/aromatic N) is 4. The topological polar surface area (TPSA) is 61.5 Å². The molecule has 0 amide bonds. The molecule has 5 nitrogen and oxygen atoms in total. The Labute approximate surface area is 208 Å². The van der Waals surface area contributed by atoms with Crippen molar-refractivity contribution in [3.63, 3.8) is 0 Å². The summed E-state index contributed by atoms with van der Waals surface area (Å²) in [4.78, 5) is 0. The third-order valence-corrected chi connectivity index (χ3v) is 5.90. The van der Waals surface area contributed by atoms with Crippen LogP contribution >= 0.6 is 0 Å². The van der Waals surface area contributed by atoms with Crippen LogP contribution in [0.1, 0.15) is 45.4 Å². The Hall–Kier alpha value is -3.86. The Morgan fingerprint density at radius 2 is 1.14 bits per heavy atom. The molecule has 0 aliphatic carbocycles. The Bertz CT molecular complexity index is 1250. The van der Waals surface area contributed by atoms with Gasteiger partial charge in [0, 0.05) is 11.9 Å². The number of hydrogen-bond donors (Lipinski definition) is 1. The minimum atomic E-state index is 0.776. The fourth-order valence-electron chi connectivity index (χ4n) is 3.94. The molecule has 5 heteroatoms. The molecule has 4 aromatic carbocycles. The number of anilines is 1. The lowest BCUT2D eigenvalue weighted by atomic mass is 10.1. The molecular formula is C30H33N5. The van der Waals surface area contributed by atoms with Crippen molar-refractivity contribution in [1.29, 1.82) is 0 Å². The largest absolute Gasteiger partial charge is 0.383 e. The van der Waals surface area contributed by atoms with Crippen molar-refractivity contribution in [2.24, 2.45) is 20.5 Å². The van der Waals surface area contributed by atoms with Crippen LogP contribution in [0.3, 0.4) is 0 Å². The molecule has 0 saturated carbocycles. The van der Waals surface area contributed by atoms with Crippen LogP contribution in [0.15, 0.2) is 111 Å². The first kappa shape index (κ1) is 24.3. The number of benzene rings is 4. The van der Waals surface area contributed by atoms with E-state index in [9.17, 15) is 0 Å². The van der Waals surface area contributed by atoms with E-state index < -0.39 is 0 Å². The summed E-state index contributed by atoms with van der Waals surface area (Å²) in [7, 11) is 0. The van der Waals surface area contributed by atoms with E-state index in [1.165, 1.54) is 32.1 Å². The molecule has 0 saturated heterocycles. The molecule has 0 aliphatic rings. The normalized spacial score (nSPS) is 11.6. The summed E-state index contributed by atoms with van der Waals surface area (Å²) in [5, 5.41) is 23.6. The highest BCUT2D eigenvalue weighted by molar-refractivity contribution is 5.98. The minimum absolute atomic E-state index is 0.776. The zero-order valence-corrected chi connectivity index (χ0v) is 20.4. The second kappa shape index (κ2) is 13.1. The molecule has 0 bridgehead atoms. The van der Waals surface area contributed by atoms with Gasteiger partial charge in [-0.05, 0) is 54.3 Å². The van der Waals surface area contributed by atoms with Crippen molar-refractivity contribution in [3.05, 3.63) is 91.0 Å². The first-order chi connectivity index (χ1) is 17.3. The van der Waals surface area contributed by atoms with E-state index in [0.717, 1.165) is 52.2 Å². The lowest BCUT2D eigenvalue weighted by Gasteiger charge is -2.11. The van der Waals surface area contributed by atoms with Crippen molar-refractivity contribution in [2.75, 3.05) is 11.9 Å². The van der Waals surface area contributed by atoms with Gasteiger partial charge in [-0.2, -0.15) is 15.3 Å². The molecule has 0 heterocycles. The summed E-state index contributed by atoms with van der Waals surface area (Å²) in [5.74, 6) is 0. The Kier molecular flexibility index (Phi) is 9.11. The highest BCUT2D eigenvalue weighted by Gasteiger charge is 2.07. The lowest BCUT2D eigenvalue weighted by molar-refractivity contribution is 0.617. The van der Waals surface area contributed by atoms with Gasteiger partial charge in [-0.3, -0.25) is 0 Å². The number of fused-ring (bicyclic) bond motifs is 1. The summed E-state index contributed by atoms with van der Waals surface area (Å²) in [5.41, 5.74) is 4.28. The maximum atomic E-state index is 4.68. The zero-order valence-electron chi connectivity index (χ0n) is 20.4. The number of hydrogen-bond acceptors (Lipinski definition) is 5. The van der Waals surface area contributed by atoms with Crippen molar-refractivity contribution in [1.82, 2.24) is 0 Å². The average molecular weight is 464 g/mol. The maximum Gasteiger partial charge on any atom is 0.117 e. The molecular weight excluding hydrogens is 430 g/mol. The van der Waals surface area contributed by atoms with Crippen LogP contribution in [0.25, 0.3) is 10.8 Å². The summed E-state index contributed by atoms with van der Waals surface area (Å²) in [6, 6.07) is 29.9. The first-order valence-corrected chi connectivity index (χ1v) is 12.6. The number of nitrogens with one attached hydrogen (secondary N) is 1. The molecule has 4 rings (SSSR count). The fourth-order valence-corrected chi connectivity index (χ4v) is 3.94. The van der Waals surface area contributed by atoms with Gasteiger partial charge in [0.05, 0.1) is 22.7 Å². The van der Waals surface area contributed by atoms with Gasteiger partial charge in [-0.1, -0.05) is 87.6 Å². The molecule has 4 aromatic rings.